The van der Waals surface area contributed by atoms with Gasteiger partial charge in [-0.1, -0.05) is 53.7 Å². The van der Waals surface area contributed by atoms with Crippen molar-refractivity contribution in [2.45, 2.75) is 24.2 Å². The minimum absolute atomic E-state index is 0.0299. The number of hydrogen-bond donors (Lipinski definition) is 1. The molecule has 2 atom stereocenters. The van der Waals surface area contributed by atoms with Crippen LogP contribution in [0.5, 0.6) is 0 Å². The van der Waals surface area contributed by atoms with Crippen LogP contribution in [0.4, 0.5) is 0 Å². The molecule has 1 fully saturated rings. The predicted molar refractivity (Wildman–Crippen MR) is 131 cm³/mol. The molecule has 33 heavy (non-hydrogen) atoms. The van der Waals surface area contributed by atoms with Gasteiger partial charge in [-0.2, -0.15) is 0 Å². The van der Waals surface area contributed by atoms with E-state index in [1.807, 2.05) is 54.1 Å². The zero-order chi connectivity index (χ0) is 23.2. The quantitative estimate of drug-likeness (QED) is 0.489. The van der Waals surface area contributed by atoms with Crippen LogP contribution in [0.25, 0.3) is 11.4 Å². The van der Waals surface area contributed by atoms with Gasteiger partial charge in [0.2, 0.25) is 5.91 Å². The van der Waals surface area contributed by atoms with Gasteiger partial charge < -0.3 is 14.6 Å². The van der Waals surface area contributed by atoms with Crippen molar-refractivity contribution in [1.29, 1.82) is 0 Å². The molecular formula is C24H28ClN5O2S. The summed E-state index contributed by atoms with van der Waals surface area (Å²) in [5.41, 5.74) is 2.12. The van der Waals surface area contributed by atoms with E-state index in [1.54, 1.807) is 0 Å². The molecule has 9 heteroatoms. The molecule has 1 aromatic heterocycles. The number of morpholine rings is 1. The number of halogens is 1. The van der Waals surface area contributed by atoms with E-state index in [0.29, 0.717) is 23.4 Å². The van der Waals surface area contributed by atoms with Gasteiger partial charge >= 0.3 is 0 Å². The summed E-state index contributed by atoms with van der Waals surface area (Å²) in [4.78, 5) is 15.2. The molecule has 1 aliphatic heterocycles. The minimum atomic E-state index is -0.0530. The summed E-state index contributed by atoms with van der Waals surface area (Å²) in [7, 11) is 1.90. The summed E-state index contributed by atoms with van der Waals surface area (Å²) in [5, 5.41) is 13.1. The molecule has 0 radical (unpaired) electrons. The smallest absolute Gasteiger partial charge is 0.230 e. The maximum Gasteiger partial charge on any atom is 0.230 e. The van der Waals surface area contributed by atoms with Crippen LogP contribution in [0.15, 0.2) is 59.8 Å². The van der Waals surface area contributed by atoms with Gasteiger partial charge in [0.05, 0.1) is 25.0 Å². The molecule has 2 heterocycles. The Kier molecular flexibility index (Phi) is 8.03. The lowest BCUT2D eigenvalue weighted by Gasteiger charge is -2.38. The first-order chi connectivity index (χ1) is 16.0. The molecular weight excluding hydrogens is 458 g/mol. The summed E-state index contributed by atoms with van der Waals surface area (Å²) in [6.07, 6.45) is 0. The third-order valence-corrected chi connectivity index (χ3v) is 6.98. The summed E-state index contributed by atoms with van der Waals surface area (Å²) in [6.45, 7) is 5.18. The van der Waals surface area contributed by atoms with Crippen LogP contribution in [0.1, 0.15) is 18.5 Å². The van der Waals surface area contributed by atoms with E-state index in [1.165, 1.54) is 17.3 Å². The number of amides is 1. The van der Waals surface area contributed by atoms with Crippen molar-refractivity contribution in [1.82, 2.24) is 25.0 Å². The van der Waals surface area contributed by atoms with Crippen molar-refractivity contribution >= 4 is 29.3 Å². The highest BCUT2D eigenvalue weighted by Gasteiger charge is 2.28. The predicted octanol–water partition coefficient (Wildman–Crippen LogP) is 3.81. The number of carbonyl (C=O) groups is 1. The van der Waals surface area contributed by atoms with Gasteiger partial charge in [0.15, 0.2) is 11.0 Å². The molecule has 0 aliphatic carbocycles. The number of aromatic nitrogens is 3. The maximum atomic E-state index is 12.8. The summed E-state index contributed by atoms with van der Waals surface area (Å²) in [6, 6.07) is 17.8. The van der Waals surface area contributed by atoms with Crippen molar-refractivity contribution in [2.24, 2.45) is 7.05 Å². The van der Waals surface area contributed by atoms with Gasteiger partial charge in [0, 0.05) is 36.8 Å². The standard InChI is InChI=1S/C24H28ClN5O2S/c1-17(22(18-6-4-3-5-7-18)30-12-14-32-15-13-30)26-21(31)16-33-24-28-27-23(29(24)2)19-8-10-20(25)11-9-19/h3-11,17,22H,12-16H2,1-2H3,(H,26,31). The number of rotatable bonds is 8. The molecule has 0 bridgehead atoms. The van der Waals surface area contributed by atoms with Crippen LogP contribution in [0.2, 0.25) is 5.02 Å². The fraction of sp³-hybridized carbons (Fsp3) is 0.375. The highest BCUT2D eigenvalue weighted by Crippen LogP contribution is 2.26. The molecule has 2 aromatic carbocycles. The lowest BCUT2D eigenvalue weighted by Crippen LogP contribution is -2.48. The van der Waals surface area contributed by atoms with E-state index < -0.39 is 0 Å². The molecule has 0 spiro atoms. The summed E-state index contributed by atoms with van der Waals surface area (Å²) < 4.78 is 7.42. The SMILES string of the molecule is CC(NC(=O)CSc1nnc(-c2ccc(Cl)cc2)n1C)C(c1ccccc1)N1CCOCC1. The normalized spacial score (nSPS) is 16.3. The fourth-order valence-corrected chi connectivity index (χ4v) is 4.97. The van der Waals surface area contributed by atoms with Crippen molar-refractivity contribution in [3.05, 3.63) is 65.2 Å². The van der Waals surface area contributed by atoms with E-state index in [4.69, 9.17) is 16.3 Å². The highest BCUT2D eigenvalue weighted by atomic mass is 35.5. The Morgan fingerprint density at radius 1 is 1.12 bits per heavy atom. The van der Waals surface area contributed by atoms with Gasteiger partial charge in [-0.3, -0.25) is 9.69 Å². The van der Waals surface area contributed by atoms with Crippen LogP contribution in [-0.4, -0.2) is 63.7 Å². The van der Waals surface area contributed by atoms with E-state index in [9.17, 15) is 4.79 Å². The average Bonchev–Trinajstić information content (AvgIpc) is 3.20. The van der Waals surface area contributed by atoms with Gasteiger partial charge in [0.1, 0.15) is 0 Å². The zero-order valence-corrected chi connectivity index (χ0v) is 20.4. The van der Waals surface area contributed by atoms with Crippen molar-refractivity contribution in [2.75, 3.05) is 32.1 Å². The second-order valence-corrected chi connectivity index (χ2v) is 9.40. The van der Waals surface area contributed by atoms with Gasteiger partial charge in [-0.25, -0.2) is 0 Å². The van der Waals surface area contributed by atoms with Gasteiger partial charge in [0.25, 0.3) is 0 Å². The van der Waals surface area contributed by atoms with Crippen LogP contribution in [0.3, 0.4) is 0 Å². The largest absolute Gasteiger partial charge is 0.379 e. The maximum absolute atomic E-state index is 12.8. The summed E-state index contributed by atoms with van der Waals surface area (Å²) >= 11 is 7.36. The third-order valence-electron chi connectivity index (χ3n) is 5.71. The Balaban J connectivity index is 1.39. The van der Waals surface area contributed by atoms with Gasteiger partial charge in [-0.05, 0) is 36.8 Å². The Labute approximate surface area is 203 Å². The number of ether oxygens (including phenoxy) is 1. The third kappa shape index (κ3) is 5.95. The molecule has 3 aromatic rings. The van der Waals surface area contributed by atoms with Crippen LogP contribution in [0, 0.1) is 0 Å². The first-order valence-electron chi connectivity index (χ1n) is 11.0. The van der Waals surface area contributed by atoms with Crippen LogP contribution >= 0.6 is 23.4 Å². The number of carbonyl (C=O) groups excluding carboxylic acids is 1. The lowest BCUT2D eigenvalue weighted by atomic mass is 9.98. The molecule has 1 aliphatic rings. The highest BCUT2D eigenvalue weighted by molar-refractivity contribution is 7.99. The van der Waals surface area contributed by atoms with Crippen molar-refractivity contribution in [3.63, 3.8) is 0 Å². The van der Waals surface area contributed by atoms with Crippen LogP contribution in [-0.2, 0) is 16.6 Å². The first-order valence-corrected chi connectivity index (χ1v) is 12.3. The number of benzene rings is 2. The van der Waals surface area contributed by atoms with Crippen molar-refractivity contribution < 1.29 is 9.53 Å². The average molecular weight is 486 g/mol. The number of hydrogen-bond acceptors (Lipinski definition) is 6. The fourth-order valence-electron chi connectivity index (χ4n) is 4.12. The summed E-state index contributed by atoms with van der Waals surface area (Å²) in [5.74, 6) is 0.971. The number of thioether (sulfide) groups is 1. The van der Waals surface area contributed by atoms with E-state index in [2.05, 4.69) is 39.5 Å². The Morgan fingerprint density at radius 3 is 2.52 bits per heavy atom. The molecule has 7 nitrogen and oxygen atoms in total. The molecule has 0 saturated carbocycles. The molecule has 1 N–H and O–H groups in total. The second kappa shape index (κ2) is 11.2. The number of nitrogens with zero attached hydrogens (tertiary/aromatic N) is 4. The Hall–Kier alpha value is -2.39. The topological polar surface area (TPSA) is 72.3 Å². The number of nitrogens with one attached hydrogen (secondary N) is 1. The molecule has 1 amide bonds. The molecule has 174 valence electrons. The molecule has 2 unspecified atom stereocenters. The lowest BCUT2D eigenvalue weighted by molar-refractivity contribution is -0.119. The second-order valence-electron chi connectivity index (χ2n) is 8.02. The molecule has 1 saturated heterocycles. The van der Waals surface area contributed by atoms with E-state index in [-0.39, 0.29) is 23.7 Å². The van der Waals surface area contributed by atoms with Crippen LogP contribution < -0.4 is 5.32 Å². The van der Waals surface area contributed by atoms with E-state index >= 15 is 0 Å². The monoisotopic (exact) mass is 485 g/mol. The first kappa shape index (κ1) is 23.8. The van der Waals surface area contributed by atoms with E-state index in [0.717, 1.165) is 24.5 Å². The Bertz CT molecular complexity index is 1050. The molecule has 4 rings (SSSR count). The Morgan fingerprint density at radius 2 is 1.82 bits per heavy atom. The zero-order valence-electron chi connectivity index (χ0n) is 18.8. The van der Waals surface area contributed by atoms with Crippen molar-refractivity contribution in [3.8, 4) is 11.4 Å². The minimum Gasteiger partial charge on any atom is -0.379 e. The van der Waals surface area contributed by atoms with Gasteiger partial charge in [-0.15, -0.1) is 10.2 Å².